The van der Waals surface area contributed by atoms with Crippen LogP contribution in [0.15, 0.2) is 51.6 Å². The first-order chi connectivity index (χ1) is 14.3. The minimum absolute atomic E-state index is 0.103. The number of hydrogen-bond donors (Lipinski definition) is 0. The third-order valence-corrected chi connectivity index (χ3v) is 4.96. The maximum absolute atomic E-state index is 12.2. The molecule has 1 aliphatic rings. The highest BCUT2D eigenvalue weighted by Crippen LogP contribution is 2.37. The summed E-state index contributed by atoms with van der Waals surface area (Å²) < 4.78 is 16.1. The number of carbonyl (C=O) groups is 2. The lowest BCUT2D eigenvalue weighted by atomic mass is 10.1. The molecule has 2 aromatic carbocycles. The first-order valence-corrected chi connectivity index (χ1v) is 10.0. The van der Waals surface area contributed by atoms with Crippen molar-refractivity contribution in [2.45, 2.75) is 6.92 Å². The van der Waals surface area contributed by atoms with Gasteiger partial charge in [0, 0.05) is 23.0 Å². The van der Waals surface area contributed by atoms with Crippen molar-refractivity contribution >= 4 is 69.1 Å². The van der Waals surface area contributed by atoms with Gasteiger partial charge in [-0.1, -0.05) is 29.3 Å². The molecule has 0 aromatic heterocycles. The van der Waals surface area contributed by atoms with Crippen LogP contribution in [-0.4, -0.2) is 24.9 Å². The molecule has 0 spiro atoms. The predicted molar refractivity (Wildman–Crippen MR) is 119 cm³/mol. The maximum Gasteiger partial charge on any atom is 0.363 e. The highest BCUT2D eigenvalue weighted by molar-refractivity contribution is 9.10. The number of ether oxygens (including phenoxy) is 3. The molecule has 0 amide bonds. The summed E-state index contributed by atoms with van der Waals surface area (Å²) in [6.45, 7) is 1.29. The second kappa shape index (κ2) is 9.47. The SMILES string of the molecule is COc1cc(/C=C2N=C(/C=C/c3ccc(Cl)cc3Cl)OC/2=O)cc(Br)c1OC(C)=O. The lowest BCUT2D eigenvalue weighted by molar-refractivity contribution is -0.132. The van der Waals surface area contributed by atoms with E-state index in [-0.39, 0.29) is 17.3 Å². The predicted octanol–water partition coefficient (Wildman–Crippen LogP) is 5.70. The van der Waals surface area contributed by atoms with Crippen LogP contribution in [0.2, 0.25) is 10.0 Å². The second-order valence-electron chi connectivity index (χ2n) is 6.00. The normalized spacial score (nSPS) is 14.8. The third kappa shape index (κ3) is 5.30. The Labute approximate surface area is 190 Å². The van der Waals surface area contributed by atoms with Crippen molar-refractivity contribution in [1.82, 2.24) is 0 Å². The molecule has 0 saturated carbocycles. The Bertz CT molecular complexity index is 1120. The molecule has 0 saturated heterocycles. The Morgan fingerprint density at radius 3 is 2.63 bits per heavy atom. The molecule has 3 rings (SSSR count). The van der Waals surface area contributed by atoms with Crippen molar-refractivity contribution in [3.05, 3.63) is 67.7 Å². The van der Waals surface area contributed by atoms with Gasteiger partial charge in [-0.15, -0.1) is 0 Å². The van der Waals surface area contributed by atoms with Crippen molar-refractivity contribution in [2.24, 2.45) is 4.99 Å². The molecule has 0 radical (unpaired) electrons. The fourth-order valence-corrected chi connectivity index (χ4v) is 3.53. The molecule has 30 heavy (non-hydrogen) atoms. The van der Waals surface area contributed by atoms with Gasteiger partial charge in [-0.05, 0) is 63.5 Å². The monoisotopic (exact) mass is 509 g/mol. The van der Waals surface area contributed by atoms with Crippen molar-refractivity contribution in [1.29, 1.82) is 0 Å². The van der Waals surface area contributed by atoms with Gasteiger partial charge >= 0.3 is 11.9 Å². The summed E-state index contributed by atoms with van der Waals surface area (Å²) in [7, 11) is 1.44. The van der Waals surface area contributed by atoms with Gasteiger partial charge < -0.3 is 14.2 Å². The van der Waals surface area contributed by atoms with Crippen LogP contribution in [0.3, 0.4) is 0 Å². The fourth-order valence-electron chi connectivity index (χ4n) is 2.52. The Kier molecular flexibility index (Phi) is 6.97. The van der Waals surface area contributed by atoms with Crippen molar-refractivity contribution in [2.75, 3.05) is 7.11 Å². The van der Waals surface area contributed by atoms with E-state index in [1.165, 1.54) is 26.2 Å². The van der Waals surface area contributed by atoms with Crippen LogP contribution in [-0.2, 0) is 14.3 Å². The van der Waals surface area contributed by atoms with Crippen LogP contribution in [0.4, 0.5) is 0 Å². The van der Waals surface area contributed by atoms with E-state index in [1.807, 2.05) is 0 Å². The summed E-state index contributed by atoms with van der Waals surface area (Å²) in [5.74, 6) is -0.399. The van der Waals surface area contributed by atoms with E-state index in [4.69, 9.17) is 37.4 Å². The van der Waals surface area contributed by atoms with Crippen LogP contribution in [0.25, 0.3) is 12.2 Å². The van der Waals surface area contributed by atoms with Crippen LogP contribution in [0.5, 0.6) is 11.5 Å². The van der Waals surface area contributed by atoms with E-state index in [1.54, 1.807) is 36.4 Å². The molecule has 2 aromatic rings. The molecule has 0 bridgehead atoms. The number of hydrogen-bond acceptors (Lipinski definition) is 6. The zero-order chi connectivity index (χ0) is 21.8. The molecule has 0 aliphatic carbocycles. The summed E-state index contributed by atoms with van der Waals surface area (Å²) in [6.07, 6.45) is 4.73. The van der Waals surface area contributed by atoms with Gasteiger partial charge in [-0.2, -0.15) is 0 Å². The van der Waals surface area contributed by atoms with E-state index < -0.39 is 11.9 Å². The molecule has 1 heterocycles. The Morgan fingerprint density at radius 1 is 1.20 bits per heavy atom. The first kappa shape index (κ1) is 22.1. The summed E-state index contributed by atoms with van der Waals surface area (Å²) in [5, 5.41) is 0.984. The summed E-state index contributed by atoms with van der Waals surface area (Å²) in [5.41, 5.74) is 1.40. The van der Waals surface area contributed by atoms with E-state index >= 15 is 0 Å². The van der Waals surface area contributed by atoms with Crippen molar-refractivity contribution in [3.8, 4) is 11.5 Å². The van der Waals surface area contributed by atoms with Crippen LogP contribution >= 0.6 is 39.1 Å². The quantitative estimate of drug-likeness (QED) is 0.293. The van der Waals surface area contributed by atoms with Gasteiger partial charge in [0.2, 0.25) is 5.90 Å². The van der Waals surface area contributed by atoms with Gasteiger partial charge in [-0.3, -0.25) is 4.79 Å². The lowest BCUT2D eigenvalue weighted by Crippen LogP contribution is -2.04. The van der Waals surface area contributed by atoms with Crippen molar-refractivity contribution in [3.63, 3.8) is 0 Å². The number of carbonyl (C=O) groups excluding carboxylic acids is 2. The molecule has 0 unspecified atom stereocenters. The number of halogens is 3. The zero-order valence-electron chi connectivity index (χ0n) is 15.7. The molecule has 6 nitrogen and oxygen atoms in total. The first-order valence-electron chi connectivity index (χ1n) is 8.48. The van der Waals surface area contributed by atoms with Gasteiger partial charge in [0.25, 0.3) is 0 Å². The Balaban J connectivity index is 1.87. The second-order valence-corrected chi connectivity index (χ2v) is 7.69. The standard InChI is InChI=1S/C21H14BrCl2NO5/c1-11(26)29-20-15(22)7-12(9-18(20)28-2)8-17-21(27)30-19(25-17)6-4-13-3-5-14(23)10-16(13)24/h3-10H,1-2H3/b6-4+,17-8+. The van der Waals surface area contributed by atoms with Crippen LogP contribution in [0, 0.1) is 0 Å². The van der Waals surface area contributed by atoms with Gasteiger partial charge in [-0.25, -0.2) is 9.79 Å². The highest BCUT2D eigenvalue weighted by Gasteiger charge is 2.22. The number of nitrogens with zero attached hydrogens (tertiary/aromatic N) is 1. The number of cyclic esters (lactones) is 1. The topological polar surface area (TPSA) is 74.2 Å². The van der Waals surface area contributed by atoms with Gasteiger partial charge in [0.1, 0.15) is 0 Å². The minimum atomic E-state index is -0.601. The number of rotatable bonds is 5. The summed E-state index contributed by atoms with van der Waals surface area (Å²) >= 11 is 15.3. The maximum atomic E-state index is 12.2. The number of benzene rings is 2. The van der Waals surface area contributed by atoms with Crippen molar-refractivity contribution < 1.29 is 23.8 Å². The molecule has 0 N–H and O–H groups in total. The molecular formula is C21H14BrCl2NO5. The number of aliphatic imine (C=N–C) groups is 1. The highest BCUT2D eigenvalue weighted by atomic mass is 79.9. The third-order valence-electron chi connectivity index (χ3n) is 3.81. The minimum Gasteiger partial charge on any atom is -0.493 e. The van der Waals surface area contributed by atoms with Gasteiger partial charge in [0.15, 0.2) is 17.2 Å². The summed E-state index contributed by atoms with van der Waals surface area (Å²) in [4.78, 5) is 27.6. The Hall–Kier alpha value is -2.61. The summed E-state index contributed by atoms with van der Waals surface area (Å²) in [6, 6.07) is 8.33. The molecular weight excluding hydrogens is 497 g/mol. The molecule has 0 atom stereocenters. The van der Waals surface area contributed by atoms with Crippen LogP contribution < -0.4 is 9.47 Å². The number of methoxy groups -OCH3 is 1. The molecule has 154 valence electrons. The molecule has 1 aliphatic heterocycles. The van der Waals surface area contributed by atoms with E-state index in [9.17, 15) is 9.59 Å². The molecule has 0 fully saturated rings. The average Bonchev–Trinajstić information content (AvgIpc) is 3.02. The lowest BCUT2D eigenvalue weighted by Gasteiger charge is -2.11. The fraction of sp³-hybridized carbons (Fsp3) is 0.0952. The zero-order valence-corrected chi connectivity index (χ0v) is 18.8. The smallest absolute Gasteiger partial charge is 0.363 e. The van der Waals surface area contributed by atoms with E-state index in [0.717, 1.165) is 0 Å². The van der Waals surface area contributed by atoms with Crippen LogP contribution in [0.1, 0.15) is 18.1 Å². The average molecular weight is 511 g/mol. The largest absolute Gasteiger partial charge is 0.493 e. The van der Waals surface area contributed by atoms with E-state index in [2.05, 4.69) is 20.9 Å². The van der Waals surface area contributed by atoms with E-state index in [0.29, 0.717) is 31.4 Å². The van der Waals surface area contributed by atoms with Gasteiger partial charge in [0.05, 0.1) is 11.6 Å². The number of esters is 2. The Morgan fingerprint density at radius 2 is 1.97 bits per heavy atom. The molecule has 9 heteroatoms.